The molecule has 118 valence electrons. The molecule has 0 saturated heterocycles. The van der Waals surface area contributed by atoms with Crippen LogP contribution in [0.15, 0.2) is 0 Å². The Morgan fingerprint density at radius 2 is 1.81 bits per heavy atom. The molecule has 1 aliphatic carbocycles. The maximum absolute atomic E-state index is 5.63. The zero-order valence-electron chi connectivity index (χ0n) is 14.0. The van der Waals surface area contributed by atoms with E-state index in [0.717, 1.165) is 28.9 Å². The van der Waals surface area contributed by atoms with Crippen LogP contribution in [0.1, 0.15) is 63.8 Å². The van der Waals surface area contributed by atoms with Gasteiger partial charge in [0.1, 0.15) is 17.5 Å². The van der Waals surface area contributed by atoms with E-state index in [2.05, 4.69) is 43.1 Å². The first kappa shape index (κ1) is 16.0. The second-order valence-electron chi connectivity index (χ2n) is 6.70. The van der Waals surface area contributed by atoms with Crippen molar-refractivity contribution in [2.75, 3.05) is 17.4 Å². The molecule has 0 atom stereocenters. The molecule has 3 N–H and O–H groups in total. The highest BCUT2D eigenvalue weighted by molar-refractivity contribution is 5.58. The molecule has 0 spiro atoms. The molecular weight excluding hydrogens is 262 g/mol. The van der Waals surface area contributed by atoms with Gasteiger partial charge in [0.05, 0.1) is 0 Å². The predicted molar refractivity (Wildman–Crippen MR) is 88.5 cm³/mol. The van der Waals surface area contributed by atoms with E-state index in [0.29, 0.717) is 6.04 Å². The lowest BCUT2D eigenvalue weighted by Crippen LogP contribution is -2.36. The zero-order chi connectivity index (χ0) is 15.6. The molecule has 0 radical (unpaired) electrons. The third kappa shape index (κ3) is 3.46. The van der Waals surface area contributed by atoms with E-state index in [-0.39, 0.29) is 5.92 Å². The Morgan fingerprint density at radius 1 is 1.19 bits per heavy atom. The SMILES string of the molecule is Cc1c(NN)nc(C(C)C)nc1N(C)C1CCC(C)CC1. The molecule has 0 aliphatic heterocycles. The molecule has 1 aromatic heterocycles. The van der Waals surface area contributed by atoms with Gasteiger partial charge in [-0.25, -0.2) is 15.8 Å². The van der Waals surface area contributed by atoms with E-state index in [1.807, 2.05) is 6.92 Å². The van der Waals surface area contributed by atoms with Crippen molar-refractivity contribution >= 4 is 11.6 Å². The average Bonchev–Trinajstić information content (AvgIpc) is 2.47. The summed E-state index contributed by atoms with van der Waals surface area (Å²) in [5, 5.41) is 0. The largest absolute Gasteiger partial charge is 0.356 e. The first-order valence-electron chi connectivity index (χ1n) is 8.02. The minimum atomic E-state index is 0.288. The molecule has 1 aliphatic rings. The van der Waals surface area contributed by atoms with Crippen LogP contribution in [0.25, 0.3) is 0 Å². The molecule has 21 heavy (non-hydrogen) atoms. The number of nitrogens with one attached hydrogen (secondary N) is 1. The van der Waals surface area contributed by atoms with Crippen LogP contribution >= 0.6 is 0 Å². The third-order valence-electron chi connectivity index (χ3n) is 4.66. The summed E-state index contributed by atoms with van der Waals surface area (Å²) >= 11 is 0. The maximum Gasteiger partial charge on any atom is 0.148 e. The number of hydrazine groups is 1. The summed E-state index contributed by atoms with van der Waals surface area (Å²) in [6, 6.07) is 0.570. The molecule has 0 bridgehead atoms. The Balaban J connectivity index is 2.30. The van der Waals surface area contributed by atoms with Crippen molar-refractivity contribution < 1.29 is 0 Å². The lowest BCUT2D eigenvalue weighted by molar-refractivity contribution is 0.339. The Morgan fingerprint density at radius 3 is 2.33 bits per heavy atom. The number of nitrogens with zero attached hydrogens (tertiary/aromatic N) is 3. The zero-order valence-corrected chi connectivity index (χ0v) is 14.0. The molecule has 0 unspecified atom stereocenters. The van der Waals surface area contributed by atoms with Crippen molar-refractivity contribution in [2.45, 2.75) is 65.3 Å². The molecule has 1 heterocycles. The van der Waals surface area contributed by atoms with Crippen LogP contribution in [0.4, 0.5) is 11.6 Å². The highest BCUT2D eigenvalue weighted by atomic mass is 15.3. The smallest absolute Gasteiger partial charge is 0.148 e. The van der Waals surface area contributed by atoms with E-state index >= 15 is 0 Å². The van der Waals surface area contributed by atoms with Crippen LogP contribution in [0, 0.1) is 12.8 Å². The first-order valence-corrected chi connectivity index (χ1v) is 8.02. The maximum atomic E-state index is 5.63. The fourth-order valence-corrected chi connectivity index (χ4v) is 3.07. The van der Waals surface area contributed by atoms with Crippen LogP contribution in [0.2, 0.25) is 0 Å². The summed E-state index contributed by atoms with van der Waals surface area (Å²) in [6.07, 6.45) is 5.09. The van der Waals surface area contributed by atoms with Crippen molar-refractivity contribution in [2.24, 2.45) is 11.8 Å². The number of anilines is 2. The van der Waals surface area contributed by atoms with Crippen molar-refractivity contribution in [1.29, 1.82) is 0 Å². The monoisotopic (exact) mass is 291 g/mol. The third-order valence-corrected chi connectivity index (χ3v) is 4.66. The molecule has 5 nitrogen and oxygen atoms in total. The molecule has 0 aromatic carbocycles. The minimum absolute atomic E-state index is 0.288. The highest BCUT2D eigenvalue weighted by Gasteiger charge is 2.25. The summed E-state index contributed by atoms with van der Waals surface area (Å²) in [4.78, 5) is 11.6. The molecule has 5 heteroatoms. The lowest BCUT2D eigenvalue weighted by atomic mass is 9.86. The van der Waals surface area contributed by atoms with E-state index in [9.17, 15) is 0 Å². The topological polar surface area (TPSA) is 67.1 Å². The van der Waals surface area contributed by atoms with Gasteiger partial charge in [-0.1, -0.05) is 20.8 Å². The van der Waals surface area contributed by atoms with Gasteiger partial charge < -0.3 is 10.3 Å². The normalized spacial score (nSPS) is 22.4. The predicted octanol–water partition coefficient (Wildman–Crippen LogP) is 3.21. The van der Waals surface area contributed by atoms with E-state index in [4.69, 9.17) is 10.8 Å². The average molecular weight is 291 g/mol. The standard InChI is InChI=1S/C16H29N5/c1-10(2)14-18-15(20-17)12(4)16(19-14)21(5)13-8-6-11(3)7-9-13/h10-11,13H,6-9,17H2,1-5H3,(H,18,19,20). The molecule has 1 fully saturated rings. The van der Waals surface area contributed by atoms with Gasteiger partial charge in [-0.3, -0.25) is 0 Å². The molecular formula is C16H29N5. The van der Waals surface area contributed by atoms with E-state index in [1.165, 1.54) is 25.7 Å². The van der Waals surface area contributed by atoms with Gasteiger partial charge in [0.2, 0.25) is 0 Å². The summed E-state index contributed by atoms with van der Waals surface area (Å²) < 4.78 is 0. The van der Waals surface area contributed by atoms with Crippen LogP contribution in [0.5, 0.6) is 0 Å². The molecule has 0 amide bonds. The Kier molecular flexibility index (Phi) is 5.04. The van der Waals surface area contributed by atoms with Gasteiger partial charge in [0.25, 0.3) is 0 Å². The quantitative estimate of drug-likeness (QED) is 0.658. The second kappa shape index (κ2) is 6.60. The van der Waals surface area contributed by atoms with Crippen LogP contribution < -0.4 is 16.2 Å². The fourth-order valence-electron chi connectivity index (χ4n) is 3.07. The van der Waals surface area contributed by atoms with E-state index in [1.54, 1.807) is 0 Å². The highest BCUT2D eigenvalue weighted by Crippen LogP contribution is 2.32. The fraction of sp³-hybridized carbons (Fsp3) is 0.750. The number of hydrogen-bond acceptors (Lipinski definition) is 5. The van der Waals surface area contributed by atoms with Gasteiger partial charge >= 0.3 is 0 Å². The number of aromatic nitrogens is 2. The van der Waals surface area contributed by atoms with Gasteiger partial charge in [-0.05, 0) is 38.5 Å². The van der Waals surface area contributed by atoms with Gasteiger partial charge in [0, 0.05) is 24.6 Å². The van der Waals surface area contributed by atoms with Gasteiger partial charge in [-0.2, -0.15) is 0 Å². The Hall–Kier alpha value is -1.36. The molecule has 2 rings (SSSR count). The first-order chi connectivity index (χ1) is 9.93. The van der Waals surface area contributed by atoms with E-state index < -0.39 is 0 Å². The van der Waals surface area contributed by atoms with Crippen molar-refractivity contribution in [3.63, 3.8) is 0 Å². The van der Waals surface area contributed by atoms with Crippen LogP contribution in [-0.4, -0.2) is 23.1 Å². The van der Waals surface area contributed by atoms with Gasteiger partial charge in [-0.15, -0.1) is 0 Å². The number of hydrogen-bond donors (Lipinski definition) is 2. The minimum Gasteiger partial charge on any atom is -0.356 e. The molecule has 1 aromatic rings. The lowest BCUT2D eigenvalue weighted by Gasteiger charge is -2.35. The van der Waals surface area contributed by atoms with Crippen molar-refractivity contribution in [1.82, 2.24) is 9.97 Å². The van der Waals surface area contributed by atoms with Crippen molar-refractivity contribution in [3.05, 3.63) is 11.4 Å². The Bertz CT molecular complexity index is 478. The summed E-state index contributed by atoms with van der Waals surface area (Å²) in [6.45, 7) is 8.60. The Labute approximate surface area is 128 Å². The van der Waals surface area contributed by atoms with Crippen molar-refractivity contribution in [3.8, 4) is 0 Å². The number of nitrogens with two attached hydrogens (primary N) is 1. The molecule has 1 saturated carbocycles. The second-order valence-corrected chi connectivity index (χ2v) is 6.70. The summed E-state index contributed by atoms with van der Waals surface area (Å²) in [5.41, 5.74) is 3.75. The van der Waals surface area contributed by atoms with Gasteiger partial charge in [0.15, 0.2) is 0 Å². The summed E-state index contributed by atoms with van der Waals surface area (Å²) in [7, 11) is 2.15. The number of rotatable bonds is 4. The van der Waals surface area contributed by atoms with Crippen LogP contribution in [-0.2, 0) is 0 Å². The number of nitrogen functional groups attached to an aromatic ring is 1. The van der Waals surface area contributed by atoms with Crippen LogP contribution in [0.3, 0.4) is 0 Å². The summed E-state index contributed by atoms with van der Waals surface area (Å²) in [5.74, 6) is 9.37.